The fourth-order valence-electron chi connectivity index (χ4n) is 0.850. The van der Waals surface area contributed by atoms with Crippen LogP contribution in [0.3, 0.4) is 0 Å². The van der Waals surface area contributed by atoms with E-state index in [1.807, 2.05) is 0 Å². The van der Waals surface area contributed by atoms with Crippen LogP contribution in [-0.4, -0.2) is 19.3 Å². The van der Waals surface area contributed by atoms with Crippen molar-refractivity contribution >= 4 is 32.4 Å². The fraction of sp³-hybridized carbons (Fsp3) is 0.333. The van der Waals surface area contributed by atoms with Gasteiger partial charge in [-0.05, 0) is 6.92 Å². The van der Waals surface area contributed by atoms with Crippen LogP contribution in [0.4, 0.5) is 5.13 Å². The summed E-state index contributed by atoms with van der Waals surface area (Å²) in [7, 11) is -3.80. The number of carbonyl (C=O) groups is 1. The summed E-state index contributed by atoms with van der Waals surface area (Å²) < 4.78 is 21.9. The van der Waals surface area contributed by atoms with Gasteiger partial charge in [-0.25, -0.2) is 18.5 Å². The Hall–Kier alpha value is -0.990. The smallest absolute Gasteiger partial charge is 0.256 e. The molecule has 0 fully saturated rings. The number of sulfonamides is 1. The summed E-state index contributed by atoms with van der Waals surface area (Å²) >= 11 is 1.07. The number of nitrogens with one attached hydrogen (secondary N) is 1. The summed E-state index contributed by atoms with van der Waals surface area (Å²) in [5, 5.41) is 7.34. The Morgan fingerprint density at radius 3 is 2.50 bits per heavy atom. The number of nitrogens with two attached hydrogens (primary N) is 1. The van der Waals surface area contributed by atoms with Crippen LogP contribution < -0.4 is 10.5 Å². The molecular formula is C6H9N3O3S2. The van der Waals surface area contributed by atoms with E-state index >= 15 is 0 Å². The number of primary sulfonamides is 1. The Kier molecular flexibility index (Phi) is 2.88. The van der Waals surface area contributed by atoms with Gasteiger partial charge >= 0.3 is 0 Å². The van der Waals surface area contributed by atoms with Gasteiger partial charge < -0.3 is 5.32 Å². The molecule has 0 spiro atoms. The van der Waals surface area contributed by atoms with Crippen molar-refractivity contribution in [2.75, 3.05) is 5.32 Å². The number of aryl methyl sites for hydroxylation is 1. The number of amides is 1. The molecule has 0 aromatic carbocycles. The average Bonchev–Trinajstić information content (AvgIpc) is 2.27. The van der Waals surface area contributed by atoms with Crippen LogP contribution in [0.5, 0.6) is 0 Å². The lowest BCUT2D eigenvalue weighted by Crippen LogP contribution is -2.14. The predicted molar refractivity (Wildman–Crippen MR) is 52.5 cm³/mol. The highest BCUT2D eigenvalue weighted by atomic mass is 32.2. The number of aromatic nitrogens is 1. The highest BCUT2D eigenvalue weighted by Gasteiger charge is 2.17. The van der Waals surface area contributed by atoms with Crippen molar-refractivity contribution in [3.05, 3.63) is 4.88 Å². The molecule has 0 saturated carbocycles. The average molecular weight is 235 g/mol. The first-order valence-corrected chi connectivity index (χ1v) is 5.95. The molecule has 0 unspecified atom stereocenters. The number of rotatable bonds is 2. The molecule has 1 aromatic heterocycles. The van der Waals surface area contributed by atoms with Crippen LogP contribution in [0.2, 0.25) is 0 Å². The van der Waals surface area contributed by atoms with E-state index in [0.29, 0.717) is 4.88 Å². The summed E-state index contributed by atoms with van der Waals surface area (Å²) in [6.45, 7) is 2.88. The van der Waals surface area contributed by atoms with Crippen LogP contribution in [-0.2, 0) is 14.8 Å². The third-order valence-corrected chi connectivity index (χ3v) is 3.26. The van der Waals surface area contributed by atoms with Crippen molar-refractivity contribution in [2.45, 2.75) is 18.9 Å². The molecule has 14 heavy (non-hydrogen) atoms. The standard InChI is InChI=1S/C6H9N3O3S2/c1-3-5(14(7,11)12)9-6(13-3)8-4(2)10/h1-2H3,(H2,7,11,12)(H,8,9,10). The molecule has 0 aliphatic carbocycles. The van der Waals surface area contributed by atoms with Gasteiger partial charge in [0.2, 0.25) is 5.91 Å². The van der Waals surface area contributed by atoms with E-state index in [1.54, 1.807) is 6.92 Å². The van der Waals surface area contributed by atoms with E-state index in [1.165, 1.54) is 6.92 Å². The molecule has 1 aromatic rings. The molecule has 0 atom stereocenters. The summed E-state index contributed by atoms with van der Waals surface area (Å²) in [4.78, 5) is 14.8. The summed E-state index contributed by atoms with van der Waals surface area (Å²) in [5.74, 6) is -0.306. The summed E-state index contributed by atoms with van der Waals surface area (Å²) in [6, 6.07) is 0. The van der Waals surface area contributed by atoms with E-state index < -0.39 is 10.0 Å². The molecule has 0 aliphatic heterocycles. The topological polar surface area (TPSA) is 102 Å². The highest BCUT2D eigenvalue weighted by Crippen LogP contribution is 2.24. The zero-order valence-electron chi connectivity index (χ0n) is 7.57. The summed E-state index contributed by atoms with van der Waals surface area (Å²) in [6.07, 6.45) is 0. The lowest BCUT2D eigenvalue weighted by Gasteiger charge is -1.93. The van der Waals surface area contributed by atoms with Gasteiger partial charge in [-0.2, -0.15) is 0 Å². The van der Waals surface area contributed by atoms with Gasteiger partial charge in [0, 0.05) is 11.8 Å². The second kappa shape index (κ2) is 3.64. The van der Waals surface area contributed by atoms with Crippen LogP contribution in [0, 0.1) is 6.92 Å². The Morgan fingerprint density at radius 1 is 1.57 bits per heavy atom. The van der Waals surface area contributed by atoms with Crippen molar-refractivity contribution in [3.8, 4) is 0 Å². The van der Waals surface area contributed by atoms with E-state index in [0.717, 1.165) is 11.3 Å². The maximum Gasteiger partial charge on any atom is 0.256 e. The van der Waals surface area contributed by atoms with Crippen molar-refractivity contribution in [1.82, 2.24) is 4.98 Å². The molecule has 1 heterocycles. The van der Waals surface area contributed by atoms with Gasteiger partial charge in [-0.15, -0.1) is 11.3 Å². The largest absolute Gasteiger partial charge is 0.302 e. The Balaban J connectivity index is 3.12. The van der Waals surface area contributed by atoms with Crippen molar-refractivity contribution in [2.24, 2.45) is 5.14 Å². The maximum atomic E-state index is 11.0. The first kappa shape index (κ1) is 11.1. The molecule has 0 saturated heterocycles. The monoisotopic (exact) mass is 235 g/mol. The van der Waals surface area contributed by atoms with E-state index in [4.69, 9.17) is 5.14 Å². The number of nitrogens with zero attached hydrogens (tertiary/aromatic N) is 1. The lowest BCUT2D eigenvalue weighted by atomic mass is 10.6. The second-order valence-corrected chi connectivity index (χ2v) is 5.29. The zero-order valence-corrected chi connectivity index (χ0v) is 9.20. The van der Waals surface area contributed by atoms with Crippen LogP contribution in [0.1, 0.15) is 11.8 Å². The number of hydrogen-bond donors (Lipinski definition) is 2. The third kappa shape index (κ3) is 2.50. The van der Waals surface area contributed by atoms with Gasteiger partial charge in [-0.3, -0.25) is 4.79 Å². The van der Waals surface area contributed by atoms with E-state index in [9.17, 15) is 13.2 Å². The van der Waals surface area contributed by atoms with Crippen molar-refractivity contribution in [3.63, 3.8) is 0 Å². The van der Waals surface area contributed by atoms with E-state index in [2.05, 4.69) is 10.3 Å². The second-order valence-electron chi connectivity index (χ2n) is 2.61. The van der Waals surface area contributed by atoms with Crippen molar-refractivity contribution in [1.29, 1.82) is 0 Å². The van der Waals surface area contributed by atoms with Crippen LogP contribution >= 0.6 is 11.3 Å². The molecule has 1 rings (SSSR count). The predicted octanol–water partition coefficient (Wildman–Crippen LogP) is 0.0573. The van der Waals surface area contributed by atoms with Gasteiger partial charge in [0.1, 0.15) is 0 Å². The van der Waals surface area contributed by atoms with Crippen molar-refractivity contribution < 1.29 is 13.2 Å². The Labute approximate surface area is 85.2 Å². The number of hydrogen-bond acceptors (Lipinski definition) is 5. The minimum atomic E-state index is -3.80. The molecule has 78 valence electrons. The lowest BCUT2D eigenvalue weighted by molar-refractivity contribution is -0.114. The molecule has 3 N–H and O–H groups in total. The third-order valence-electron chi connectivity index (χ3n) is 1.31. The van der Waals surface area contributed by atoms with Gasteiger partial charge in [0.05, 0.1) is 0 Å². The SMILES string of the molecule is CC(=O)Nc1nc(S(N)(=O)=O)c(C)s1. The zero-order chi connectivity index (χ0) is 10.9. The molecule has 8 heteroatoms. The molecule has 0 bridgehead atoms. The molecule has 1 amide bonds. The molecule has 6 nitrogen and oxygen atoms in total. The minimum Gasteiger partial charge on any atom is -0.302 e. The number of carbonyl (C=O) groups excluding carboxylic acids is 1. The molecular weight excluding hydrogens is 226 g/mol. The van der Waals surface area contributed by atoms with Gasteiger partial charge in [-0.1, -0.05) is 0 Å². The molecule has 0 radical (unpaired) electrons. The fourth-order valence-corrected chi connectivity index (χ4v) is 2.76. The quantitative estimate of drug-likeness (QED) is 0.756. The highest BCUT2D eigenvalue weighted by molar-refractivity contribution is 7.89. The van der Waals surface area contributed by atoms with Crippen LogP contribution in [0.25, 0.3) is 0 Å². The minimum absolute atomic E-state index is 0.189. The maximum absolute atomic E-state index is 11.0. The summed E-state index contributed by atoms with van der Waals surface area (Å²) in [5.41, 5.74) is 0. The first-order valence-electron chi connectivity index (χ1n) is 3.58. The van der Waals surface area contributed by atoms with Gasteiger partial charge in [0.25, 0.3) is 10.0 Å². The van der Waals surface area contributed by atoms with E-state index in [-0.39, 0.29) is 16.1 Å². The van der Waals surface area contributed by atoms with Gasteiger partial charge in [0.15, 0.2) is 10.2 Å². The van der Waals surface area contributed by atoms with Crippen LogP contribution in [0.15, 0.2) is 5.03 Å². The Bertz CT molecular complexity index is 463. The first-order chi connectivity index (χ1) is 6.30. The normalized spacial score (nSPS) is 11.4. The Morgan fingerprint density at radius 2 is 2.14 bits per heavy atom. The molecule has 0 aliphatic rings. The number of thiazole rings is 1. The number of anilines is 1.